The lowest BCUT2D eigenvalue weighted by Gasteiger charge is -2.38. The van der Waals surface area contributed by atoms with Gasteiger partial charge in [0.1, 0.15) is 0 Å². The average molecular weight is 352 g/mol. The molecule has 1 aromatic carbocycles. The van der Waals surface area contributed by atoms with Crippen LogP contribution < -0.4 is 5.32 Å². The van der Waals surface area contributed by atoms with Gasteiger partial charge in [-0.05, 0) is 43.7 Å². The molecular formula is C20H24N4O2. The van der Waals surface area contributed by atoms with E-state index in [1.165, 1.54) is 6.08 Å². The minimum atomic E-state index is -0.0670. The van der Waals surface area contributed by atoms with Crippen LogP contribution in [0.15, 0.2) is 43.0 Å². The van der Waals surface area contributed by atoms with E-state index >= 15 is 0 Å². The molecule has 1 aliphatic heterocycles. The third-order valence-corrected chi connectivity index (χ3v) is 4.57. The predicted molar refractivity (Wildman–Crippen MR) is 99.8 cm³/mol. The van der Waals surface area contributed by atoms with Crippen LogP contribution in [-0.4, -0.2) is 39.6 Å². The summed E-state index contributed by atoms with van der Waals surface area (Å²) in [6, 6.07) is 10.0. The van der Waals surface area contributed by atoms with Gasteiger partial charge in [0.15, 0.2) is 0 Å². The first-order valence-corrected chi connectivity index (χ1v) is 8.77. The molecule has 1 fully saturated rings. The molecule has 136 valence electrons. The maximum Gasteiger partial charge on any atom is 0.245 e. The number of nitrogens with one attached hydrogen (secondary N) is 1. The Bertz CT molecular complexity index is 834. The first kappa shape index (κ1) is 17.9. The van der Waals surface area contributed by atoms with Gasteiger partial charge in [0.05, 0.1) is 11.4 Å². The number of benzene rings is 1. The first-order valence-electron chi connectivity index (χ1n) is 8.77. The molecule has 0 saturated carbocycles. The van der Waals surface area contributed by atoms with Crippen molar-refractivity contribution in [2.75, 3.05) is 13.1 Å². The summed E-state index contributed by atoms with van der Waals surface area (Å²) in [4.78, 5) is 25.2. The van der Waals surface area contributed by atoms with E-state index in [9.17, 15) is 9.59 Å². The largest absolute Gasteiger partial charge is 0.352 e. The summed E-state index contributed by atoms with van der Waals surface area (Å²) in [6.45, 7) is 9.20. The van der Waals surface area contributed by atoms with E-state index in [2.05, 4.69) is 17.0 Å². The summed E-state index contributed by atoms with van der Waals surface area (Å²) in [5.74, 6) is 0.180. The van der Waals surface area contributed by atoms with Crippen LogP contribution in [0.3, 0.4) is 0 Å². The topological polar surface area (TPSA) is 67.2 Å². The molecule has 1 saturated heterocycles. The third kappa shape index (κ3) is 4.02. The summed E-state index contributed by atoms with van der Waals surface area (Å²) in [5.41, 5.74) is 4.07. The minimum Gasteiger partial charge on any atom is -0.352 e. The Hall–Kier alpha value is -2.89. The zero-order valence-corrected chi connectivity index (χ0v) is 15.2. The van der Waals surface area contributed by atoms with Gasteiger partial charge in [0.2, 0.25) is 11.8 Å². The molecule has 0 atom stereocenters. The molecule has 0 bridgehead atoms. The molecule has 2 aromatic rings. The lowest BCUT2D eigenvalue weighted by atomic mass is 9.96. The van der Waals surface area contributed by atoms with Crippen molar-refractivity contribution in [2.24, 2.45) is 5.92 Å². The number of rotatable bonds is 6. The smallest absolute Gasteiger partial charge is 0.245 e. The van der Waals surface area contributed by atoms with E-state index in [1.807, 2.05) is 48.9 Å². The lowest BCUT2D eigenvalue weighted by molar-refractivity contribution is -0.135. The highest BCUT2D eigenvalue weighted by molar-refractivity contribution is 5.87. The maximum absolute atomic E-state index is 12.1. The Morgan fingerprint density at radius 2 is 2.08 bits per heavy atom. The van der Waals surface area contributed by atoms with Gasteiger partial charge >= 0.3 is 0 Å². The first-order chi connectivity index (χ1) is 12.5. The van der Waals surface area contributed by atoms with Gasteiger partial charge in [0.25, 0.3) is 0 Å². The van der Waals surface area contributed by atoms with Crippen molar-refractivity contribution in [1.82, 2.24) is 20.0 Å². The number of carbonyl (C=O) groups excluding carboxylic acids is 2. The molecule has 3 rings (SSSR count). The van der Waals surface area contributed by atoms with Crippen molar-refractivity contribution in [1.29, 1.82) is 0 Å². The Morgan fingerprint density at radius 3 is 2.73 bits per heavy atom. The second kappa shape index (κ2) is 7.56. The molecule has 1 aliphatic rings. The van der Waals surface area contributed by atoms with Crippen molar-refractivity contribution >= 4 is 11.8 Å². The fourth-order valence-electron chi connectivity index (χ4n) is 3.23. The molecule has 26 heavy (non-hydrogen) atoms. The van der Waals surface area contributed by atoms with E-state index in [4.69, 9.17) is 0 Å². The van der Waals surface area contributed by atoms with Crippen molar-refractivity contribution < 1.29 is 9.59 Å². The number of carbonyl (C=O) groups is 2. The molecule has 0 spiro atoms. The third-order valence-electron chi connectivity index (χ3n) is 4.57. The second-order valence-corrected chi connectivity index (χ2v) is 6.80. The van der Waals surface area contributed by atoms with Gasteiger partial charge in [-0.25, -0.2) is 4.68 Å². The van der Waals surface area contributed by atoms with Gasteiger partial charge in [-0.3, -0.25) is 9.59 Å². The molecule has 2 amide bonds. The van der Waals surface area contributed by atoms with Crippen LogP contribution >= 0.6 is 0 Å². The van der Waals surface area contributed by atoms with Crippen LogP contribution in [0.1, 0.15) is 23.4 Å². The zero-order valence-electron chi connectivity index (χ0n) is 15.2. The average Bonchev–Trinajstić information content (AvgIpc) is 2.94. The van der Waals surface area contributed by atoms with E-state index < -0.39 is 0 Å². The van der Waals surface area contributed by atoms with Gasteiger partial charge in [-0.1, -0.05) is 18.7 Å². The molecule has 1 aromatic heterocycles. The number of amides is 2. The van der Waals surface area contributed by atoms with Crippen molar-refractivity contribution in [3.8, 4) is 5.69 Å². The van der Waals surface area contributed by atoms with Crippen LogP contribution in [0.4, 0.5) is 0 Å². The predicted octanol–water partition coefficient (Wildman–Crippen LogP) is 2.14. The van der Waals surface area contributed by atoms with Gasteiger partial charge in [-0.2, -0.15) is 5.10 Å². The van der Waals surface area contributed by atoms with Crippen molar-refractivity contribution in [3.63, 3.8) is 0 Å². The fourth-order valence-corrected chi connectivity index (χ4v) is 3.23. The van der Waals surface area contributed by atoms with Crippen LogP contribution in [0.25, 0.3) is 5.69 Å². The van der Waals surface area contributed by atoms with Crippen molar-refractivity contribution in [2.45, 2.75) is 26.8 Å². The fraction of sp³-hybridized carbons (Fsp3) is 0.350. The number of likely N-dealkylation sites (tertiary alicyclic amines) is 1. The Balaban J connectivity index is 1.51. The lowest BCUT2D eigenvalue weighted by Crippen LogP contribution is -2.50. The highest BCUT2D eigenvalue weighted by Crippen LogP contribution is 2.19. The SMILES string of the molecule is C=CC(=O)N1CC(CC(=O)NCc2cccc(-n3nc(C)cc3C)c2)C1. The number of aromatic nitrogens is 2. The van der Waals surface area contributed by atoms with Crippen LogP contribution in [0.2, 0.25) is 0 Å². The van der Waals surface area contributed by atoms with Crippen LogP contribution in [0.5, 0.6) is 0 Å². The summed E-state index contributed by atoms with van der Waals surface area (Å²) in [6.07, 6.45) is 1.75. The molecule has 0 aliphatic carbocycles. The minimum absolute atomic E-state index is 0.0113. The highest BCUT2D eigenvalue weighted by atomic mass is 16.2. The highest BCUT2D eigenvalue weighted by Gasteiger charge is 2.30. The number of nitrogens with zero attached hydrogens (tertiary/aromatic N) is 3. The zero-order chi connectivity index (χ0) is 18.7. The monoisotopic (exact) mass is 352 g/mol. The molecule has 1 N–H and O–H groups in total. The van der Waals surface area contributed by atoms with Crippen LogP contribution in [-0.2, 0) is 16.1 Å². The standard InChI is InChI=1S/C20H24N4O2/c1-4-20(26)23-12-17(13-23)10-19(25)21-11-16-6-5-7-18(9-16)24-15(3)8-14(2)22-24/h4-9,17H,1,10-13H2,2-3H3,(H,21,25). The summed E-state index contributed by atoms with van der Waals surface area (Å²) in [7, 11) is 0. The number of hydrogen-bond acceptors (Lipinski definition) is 3. The quantitative estimate of drug-likeness (QED) is 0.810. The molecule has 0 radical (unpaired) electrons. The van der Waals surface area contributed by atoms with E-state index in [-0.39, 0.29) is 17.7 Å². The van der Waals surface area contributed by atoms with E-state index in [0.29, 0.717) is 26.1 Å². The van der Waals surface area contributed by atoms with Gasteiger partial charge in [-0.15, -0.1) is 0 Å². The summed E-state index contributed by atoms with van der Waals surface area (Å²) in [5, 5.41) is 7.46. The van der Waals surface area contributed by atoms with Crippen molar-refractivity contribution in [3.05, 3.63) is 59.9 Å². The Kier molecular flexibility index (Phi) is 5.21. The van der Waals surface area contributed by atoms with Gasteiger partial charge in [0, 0.05) is 37.7 Å². The van der Waals surface area contributed by atoms with Gasteiger partial charge < -0.3 is 10.2 Å². The Labute approximate surface area is 153 Å². The maximum atomic E-state index is 12.1. The molecule has 0 unspecified atom stereocenters. The molecule has 6 heteroatoms. The number of hydrogen-bond donors (Lipinski definition) is 1. The number of aryl methyl sites for hydroxylation is 2. The van der Waals surface area contributed by atoms with E-state index in [1.54, 1.807) is 4.90 Å². The molecule has 2 heterocycles. The second-order valence-electron chi connectivity index (χ2n) is 6.80. The summed E-state index contributed by atoms with van der Waals surface area (Å²) < 4.78 is 1.90. The molecule has 6 nitrogen and oxygen atoms in total. The normalized spacial score (nSPS) is 14.0. The van der Waals surface area contributed by atoms with E-state index in [0.717, 1.165) is 22.6 Å². The van der Waals surface area contributed by atoms with Crippen LogP contribution in [0, 0.1) is 19.8 Å². The summed E-state index contributed by atoms with van der Waals surface area (Å²) >= 11 is 0. The molecular weight excluding hydrogens is 328 g/mol. The Morgan fingerprint density at radius 1 is 1.31 bits per heavy atom.